The average molecular weight is 258 g/mol. The monoisotopic (exact) mass is 258 g/mol. The van der Waals surface area contributed by atoms with Crippen molar-refractivity contribution in [3.63, 3.8) is 0 Å². The normalized spacial score (nSPS) is 14.0. The standard InChI is InChI=1S/C14H14N2OS/c17-14(11-5-7-18-9-11)16-13-3-1-2-10-8-15-6-4-12(10)13/h1-3,5,7,9,15H,4,6,8H2,(H,16,17). The molecular weight excluding hydrogens is 244 g/mol. The molecule has 0 bridgehead atoms. The lowest BCUT2D eigenvalue weighted by Crippen LogP contribution is -2.25. The summed E-state index contributed by atoms with van der Waals surface area (Å²) in [7, 11) is 0. The lowest BCUT2D eigenvalue weighted by molar-refractivity contribution is 0.102. The van der Waals surface area contributed by atoms with Crippen molar-refractivity contribution in [3.05, 3.63) is 51.7 Å². The molecule has 1 aliphatic heterocycles. The molecule has 2 N–H and O–H groups in total. The summed E-state index contributed by atoms with van der Waals surface area (Å²) in [6, 6.07) is 7.93. The maximum atomic E-state index is 12.0. The van der Waals surface area contributed by atoms with Crippen molar-refractivity contribution in [1.82, 2.24) is 5.32 Å². The van der Waals surface area contributed by atoms with Crippen molar-refractivity contribution < 1.29 is 4.79 Å². The second kappa shape index (κ2) is 4.92. The molecule has 3 nitrogen and oxygen atoms in total. The molecule has 1 aromatic heterocycles. The van der Waals surface area contributed by atoms with Crippen molar-refractivity contribution in [2.45, 2.75) is 13.0 Å². The van der Waals surface area contributed by atoms with Crippen LogP contribution in [0.5, 0.6) is 0 Å². The lowest BCUT2D eigenvalue weighted by Gasteiger charge is -2.20. The molecule has 0 atom stereocenters. The Morgan fingerprint density at radius 3 is 3.11 bits per heavy atom. The van der Waals surface area contributed by atoms with Gasteiger partial charge in [0.15, 0.2) is 0 Å². The van der Waals surface area contributed by atoms with E-state index in [1.54, 1.807) is 0 Å². The maximum Gasteiger partial charge on any atom is 0.256 e. The molecule has 1 aliphatic rings. The molecular formula is C14H14N2OS. The summed E-state index contributed by atoms with van der Waals surface area (Å²) in [5, 5.41) is 10.1. The number of hydrogen-bond donors (Lipinski definition) is 2. The summed E-state index contributed by atoms with van der Waals surface area (Å²) in [5.74, 6) is -0.0248. The van der Waals surface area contributed by atoms with Crippen LogP contribution in [0.15, 0.2) is 35.0 Å². The Labute approximate surface area is 110 Å². The number of rotatable bonds is 2. The fourth-order valence-electron chi connectivity index (χ4n) is 2.24. The van der Waals surface area contributed by atoms with Crippen molar-refractivity contribution >= 4 is 22.9 Å². The highest BCUT2D eigenvalue weighted by Gasteiger charge is 2.14. The summed E-state index contributed by atoms with van der Waals surface area (Å²) < 4.78 is 0. The fraction of sp³-hybridized carbons (Fsp3) is 0.214. The van der Waals surface area contributed by atoms with Crippen LogP contribution in [0, 0.1) is 0 Å². The van der Waals surface area contributed by atoms with E-state index >= 15 is 0 Å². The lowest BCUT2D eigenvalue weighted by atomic mass is 9.99. The first kappa shape index (κ1) is 11.4. The van der Waals surface area contributed by atoms with Gasteiger partial charge >= 0.3 is 0 Å². The Kier molecular flexibility index (Phi) is 3.13. The highest BCUT2D eigenvalue weighted by molar-refractivity contribution is 7.08. The molecule has 0 radical (unpaired) electrons. The molecule has 2 aromatic rings. The van der Waals surface area contributed by atoms with Crippen LogP contribution in [0.25, 0.3) is 0 Å². The van der Waals surface area contributed by atoms with Gasteiger partial charge in [0.25, 0.3) is 5.91 Å². The number of nitrogens with one attached hydrogen (secondary N) is 2. The van der Waals surface area contributed by atoms with Crippen LogP contribution in [-0.2, 0) is 13.0 Å². The van der Waals surface area contributed by atoms with Gasteiger partial charge in [-0.25, -0.2) is 0 Å². The van der Waals surface area contributed by atoms with Crippen LogP contribution >= 0.6 is 11.3 Å². The van der Waals surface area contributed by atoms with Crippen molar-refractivity contribution in [3.8, 4) is 0 Å². The second-order valence-electron chi connectivity index (χ2n) is 4.34. The van der Waals surface area contributed by atoms with E-state index < -0.39 is 0 Å². The molecule has 0 aliphatic carbocycles. The van der Waals surface area contributed by atoms with Crippen LogP contribution in [-0.4, -0.2) is 12.5 Å². The second-order valence-corrected chi connectivity index (χ2v) is 5.12. The predicted octanol–water partition coefficient (Wildman–Crippen LogP) is 2.65. The largest absolute Gasteiger partial charge is 0.322 e. The summed E-state index contributed by atoms with van der Waals surface area (Å²) >= 11 is 1.54. The molecule has 92 valence electrons. The quantitative estimate of drug-likeness (QED) is 0.869. The van der Waals surface area contributed by atoms with E-state index in [1.165, 1.54) is 22.5 Å². The van der Waals surface area contributed by atoms with Crippen molar-refractivity contribution in [2.24, 2.45) is 0 Å². The van der Waals surface area contributed by atoms with Crippen molar-refractivity contribution in [1.29, 1.82) is 0 Å². The number of benzene rings is 1. The molecule has 1 amide bonds. The fourth-order valence-corrected chi connectivity index (χ4v) is 2.87. The zero-order valence-corrected chi connectivity index (χ0v) is 10.7. The Balaban J connectivity index is 1.87. The Morgan fingerprint density at radius 1 is 1.33 bits per heavy atom. The first-order valence-corrected chi connectivity index (χ1v) is 6.94. The number of anilines is 1. The minimum absolute atomic E-state index is 0.0248. The van der Waals surface area contributed by atoms with E-state index in [2.05, 4.69) is 16.7 Å². The van der Waals surface area contributed by atoms with Gasteiger partial charge in [0, 0.05) is 17.6 Å². The van der Waals surface area contributed by atoms with E-state index in [9.17, 15) is 4.79 Å². The topological polar surface area (TPSA) is 41.1 Å². The summed E-state index contributed by atoms with van der Waals surface area (Å²) in [4.78, 5) is 12.0. The Morgan fingerprint density at radius 2 is 2.28 bits per heavy atom. The number of carbonyl (C=O) groups is 1. The number of carbonyl (C=O) groups excluding carboxylic acids is 1. The highest BCUT2D eigenvalue weighted by atomic mass is 32.1. The van der Waals surface area contributed by atoms with Gasteiger partial charge in [0.1, 0.15) is 0 Å². The van der Waals surface area contributed by atoms with Gasteiger partial charge in [-0.3, -0.25) is 4.79 Å². The van der Waals surface area contributed by atoms with Crippen LogP contribution in [0.1, 0.15) is 21.5 Å². The first-order chi connectivity index (χ1) is 8.84. The molecule has 0 saturated carbocycles. The third-order valence-corrected chi connectivity index (χ3v) is 3.86. The predicted molar refractivity (Wildman–Crippen MR) is 74.1 cm³/mol. The first-order valence-electron chi connectivity index (χ1n) is 5.99. The van der Waals surface area contributed by atoms with E-state index in [1.807, 2.05) is 29.0 Å². The van der Waals surface area contributed by atoms with E-state index in [4.69, 9.17) is 0 Å². The third-order valence-electron chi connectivity index (χ3n) is 3.17. The van der Waals surface area contributed by atoms with Crippen molar-refractivity contribution in [2.75, 3.05) is 11.9 Å². The molecule has 0 spiro atoms. The Bertz CT molecular complexity index is 563. The SMILES string of the molecule is O=C(Nc1cccc2c1CCNC2)c1ccsc1. The molecule has 0 unspecified atom stereocenters. The van der Waals surface area contributed by atoms with Gasteiger partial charge in [-0.15, -0.1) is 0 Å². The number of thiophene rings is 1. The molecule has 3 rings (SSSR count). The minimum Gasteiger partial charge on any atom is -0.322 e. The number of fused-ring (bicyclic) bond motifs is 1. The van der Waals surface area contributed by atoms with Crippen LogP contribution in [0.4, 0.5) is 5.69 Å². The van der Waals surface area contributed by atoms with Gasteiger partial charge in [-0.1, -0.05) is 12.1 Å². The summed E-state index contributed by atoms with van der Waals surface area (Å²) in [5.41, 5.74) is 4.22. The zero-order chi connectivity index (χ0) is 12.4. The Hall–Kier alpha value is -1.65. The minimum atomic E-state index is -0.0248. The smallest absolute Gasteiger partial charge is 0.256 e. The van der Waals surface area contributed by atoms with Gasteiger partial charge in [-0.2, -0.15) is 11.3 Å². The van der Waals surface area contributed by atoms with Gasteiger partial charge in [-0.05, 0) is 41.6 Å². The molecule has 2 heterocycles. The molecule has 1 aromatic carbocycles. The summed E-state index contributed by atoms with van der Waals surface area (Å²) in [6.45, 7) is 1.86. The molecule has 0 fully saturated rings. The highest BCUT2D eigenvalue weighted by Crippen LogP contribution is 2.23. The maximum absolute atomic E-state index is 12.0. The third kappa shape index (κ3) is 2.17. The number of hydrogen-bond acceptors (Lipinski definition) is 3. The molecule has 18 heavy (non-hydrogen) atoms. The summed E-state index contributed by atoms with van der Waals surface area (Å²) in [6.07, 6.45) is 0.968. The van der Waals surface area contributed by atoms with E-state index in [0.29, 0.717) is 0 Å². The average Bonchev–Trinajstić information content (AvgIpc) is 2.93. The van der Waals surface area contributed by atoms with Gasteiger partial charge in [0.05, 0.1) is 5.56 Å². The van der Waals surface area contributed by atoms with Gasteiger partial charge < -0.3 is 10.6 Å². The van der Waals surface area contributed by atoms with Crippen LogP contribution in [0.3, 0.4) is 0 Å². The van der Waals surface area contributed by atoms with E-state index in [-0.39, 0.29) is 5.91 Å². The van der Waals surface area contributed by atoms with E-state index in [0.717, 1.165) is 30.8 Å². The van der Waals surface area contributed by atoms with Gasteiger partial charge in [0.2, 0.25) is 0 Å². The van der Waals surface area contributed by atoms with Crippen LogP contribution < -0.4 is 10.6 Å². The zero-order valence-electron chi connectivity index (χ0n) is 9.90. The molecule has 4 heteroatoms. The number of amides is 1. The molecule has 0 saturated heterocycles. The van der Waals surface area contributed by atoms with Crippen LogP contribution in [0.2, 0.25) is 0 Å².